The van der Waals surface area contributed by atoms with Gasteiger partial charge in [-0.15, -0.1) is 0 Å². The summed E-state index contributed by atoms with van der Waals surface area (Å²) in [7, 11) is 0. The molecule has 0 saturated carbocycles. The van der Waals surface area contributed by atoms with E-state index in [0.29, 0.717) is 22.2 Å². The van der Waals surface area contributed by atoms with Crippen molar-refractivity contribution < 1.29 is 14.3 Å². The van der Waals surface area contributed by atoms with Crippen LogP contribution in [0.3, 0.4) is 0 Å². The number of nitriles is 1. The Hall–Kier alpha value is -2.75. The summed E-state index contributed by atoms with van der Waals surface area (Å²) in [6, 6.07) is 16.6. The molecule has 2 aromatic carbocycles. The van der Waals surface area contributed by atoms with Crippen molar-refractivity contribution in [1.29, 1.82) is 5.26 Å². The molecular formula is C22H19ClN2O3S. The molecular weight excluding hydrogens is 408 g/mol. The van der Waals surface area contributed by atoms with Crippen LogP contribution < -0.4 is 4.90 Å². The number of esters is 1. The molecule has 148 valence electrons. The third-order valence-electron chi connectivity index (χ3n) is 4.38. The second-order valence-corrected chi connectivity index (χ2v) is 8.09. The normalized spacial score (nSPS) is 17.8. The summed E-state index contributed by atoms with van der Waals surface area (Å²) in [5, 5.41) is 10.1. The Morgan fingerprint density at radius 2 is 1.86 bits per heavy atom. The van der Waals surface area contributed by atoms with Crippen LogP contribution in [0.4, 0.5) is 5.69 Å². The predicted molar refractivity (Wildman–Crippen MR) is 114 cm³/mol. The van der Waals surface area contributed by atoms with Crippen molar-refractivity contribution >= 4 is 40.9 Å². The quantitative estimate of drug-likeness (QED) is 0.395. The van der Waals surface area contributed by atoms with E-state index in [1.807, 2.05) is 37.3 Å². The van der Waals surface area contributed by atoms with E-state index in [0.717, 1.165) is 11.1 Å². The summed E-state index contributed by atoms with van der Waals surface area (Å²) in [4.78, 5) is 27.0. The molecule has 0 aromatic heterocycles. The van der Waals surface area contributed by atoms with E-state index in [9.17, 15) is 14.9 Å². The van der Waals surface area contributed by atoms with Crippen molar-refractivity contribution in [2.24, 2.45) is 0 Å². The number of carbonyl (C=O) groups is 2. The number of thioether (sulfide) groups is 1. The van der Waals surface area contributed by atoms with Crippen molar-refractivity contribution in [2.45, 2.75) is 25.5 Å². The maximum Gasteiger partial charge on any atom is 0.351 e. The lowest BCUT2D eigenvalue weighted by Crippen LogP contribution is -2.30. The molecule has 1 atom stereocenters. The molecule has 1 aliphatic heterocycles. The molecule has 1 heterocycles. The minimum atomic E-state index is -0.727. The van der Waals surface area contributed by atoms with Gasteiger partial charge in [0.2, 0.25) is 5.91 Å². The molecule has 1 fully saturated rings. The topological polar surface area (TPSA) is 70.4 Å². The van der Waals surface area contributed by atoms with Gasteiger partial charge in [0.15, 0.2) is 5.57 Å². The Balaban J connectivity index is 2.02. The number of hydrogen-bond donors (Lipinski definition) is 0. The molecule has 1 aliphatic rings. The molecule has 0 radical (unpaired) electrons. The fourth-order valence-corrected chi connectivity index (χ4v) is 4.36. The Bertz CT molecular complexity index is 994. The molecule has 5 nitrogen and oxygen atoms in total. The van der Waals surface area contributed by atoms with Gasteiger partial charge in [-0.1, -0.05) is 53.2 Å². The van der Waals surface area contributed by atoms with Crippen LogP contribution in [0.1, 0.15) is 18.1 Å². The lowest BCUT2D eigenvalue weighted by Gasteiger charge is -2.18. The van der Waals surface area contributed by atoms with Crippen LogP contribution >= 0.6 is 23.4 Å². The van der Waals surface area contributed by atoms with Gasteiger partial charge in [0.05, 0.1) is 11.9 Å². The number of rotatable bonds is 5. The fraction of sp³-hybridized carbons (Fsp3) is 0.227. The molecule has 2 aromatic rings. The third kappa shape index (κ3) is 4.64. The Kier molecular flexibility index (Phi) is 6.63. The summed E-state index contributed by atoms with van der Waals surface area (Å²) in [6.07, 6.45) is 0.452. The molecule has 3 rings (SSSR count). The summed E-state index contributed by atoms with van der Waals surface area (Å²) < 4.78 is 5.03. The number of carbonyl (C=O) groups excluding carboxylic acids is 2. The van der Waals surface area contributed by atoms with Gasteiger partial charge in [-0.05, 0) is 50.1 Å². The smallest absolute Gasteiger partial charge is 0.351 e. The molecule has 1 amide bonds. The molecule has 1 saturated heterocycles. The first-order chi connectivity index (χ1) is 13.9. The third-order valence-corrected chi connectivity index (χ3v) is 5.90. The van der Waals surface area contributed by atoms with Gasteiger partial charge in [-0.25, -0.2) is 4.79 Å². The molecule has 0 bridgehead atoms. The Labute approximate surface area is 178 Å². The van der Waals surface area contributed by atoms with Crippen molar-refractivity contribution in [3.8, 4) is 6.07 Å². The number of amides is 1. The first-order valence-electron chi connectivity index (χ1n) is 9.07. The van der Waals surface area contributed by atoms with Crippen molar-refractivity contribution in [3.63, 3.8) is 0 Å². The highest BCUT2D eigenvalue weighted by molar-refractivity contribution is 8.05. The molecule has 7 heteroatoms. The maximum absolute atomic E-state index is 13.3. The van der Waals surface area contributed by atoms with Gasteiger partial charge in [0, 0.05) is 10.7 Å². The second-order valence-electron chi connectivity index (χ2n) is 6.46. The zero-order chi connectivity index (χ0) is 21.0. The summed E-state index contributed by atoms with van der Waals surface area (Å²) in [6.45, 7) is 3.77. The summed E-state index contributed by atoms with van der Waals surface area (Å²) >= 11 is 7.16. The van der Waals surface area contributed by atoms with Crippen molar-refractivity contribution in [1.82, 2.24) is 0 Å². The average Bonchev–Trinajstić information content (AvgIpc) is 3.01. The number of aryl methyl sites for hydroxylation is 1. The lowest BCUT2D eigenvalue weighted by molar-refractivity contribution is -0.138. The van der Waals surface area contributed by atoms with Crippen LogP contribution in [0.25, 0.3) is 0 Å². The van der Waals surface area contributed by atoms with Gasteiger partial charge in [0.25, 0.3) is 0 Å². The first-order valence-corrected chi connectivity index (χ1v) is 10.3. The van der Waals surface area contributed by atoms with E-state index in [1.165, 1.54) is 16.7 Å². The minimum Gasteiger partial charge on any atom is -0.462 e. The monoisotopic (exact) mass is 426 g/mol. The largest absolute Gasteiger partial charge is 0.462 e. The number of nitrogens with zero attached hydrogens (tertiary/aromatic N) is 2. The maximum atomic E-state index is 13.3. The molecule has 0 unspecified atom stereocenters. The van der Waals surface area contributed by atoms with Gasteiger partial charge in [0.1, 0.15) is 11.1 Å². The van der Waals surface area contributed by atoms with Gasteiger partial charge >= 0.3 is 5.97 Å². The minimum absolute atomic E-state index is 0.147. The average molecular weight is 427 g/mol. The Morgan fingerprint density at radius 1 is 1.21 bits per heavy atom. The highest BCUT2D eigenvalue weighted by Crippen LogP contribution is 2.42. The van der Waals surface area contributed by atoms with Crippen LogP contribution in [0.5, 0.6) is 0 Å². The standard InChI is InChI=1S/C22H19ClN2O3S/c1-3-28-22(27)18(13-24)21-25(17-10-4-14(2)5-11-17)20(26)19(29-21)12-15-6-8-16(23)9-7-15/h4-11,19H,3,12H2,1-2H3/b21-18+/t19-/m1/s1. The predicted octanol–water partition coefficient (Wildman–Crippen LogP) is 4.64. The van der Waals surface area contributed by atoms with E-state index < -0.39 is 11.2 Å². The van der Waals surface area contributed by atoms with Crippen molar-refractivity contribution in [2.75, 3.05) is 11.5 Å². The number of ether oxygens (including phenoxy) is 1. The fourth-order valence-electron chi connectivity index (χ4n) is 2.94. The second kappa shape index (κ2) is 9.17. The number of anilines is 1. The van der Waals surface area contributed by atoms with Gasteiger partial charge in [-0.2, -0.15) is 5.26 Å². The number of halogens is 1. The van der Waals surface area contributed by atoms with Crippen LogP contribution in [0.15, 0.2) is 59.1 Å². The highest BCUT2D eigenvalue weighted by Gasteiger charge is 2.41. The molecule has 0 spiro atoms. The van der Waals surface area contributed by atoms with E-state index in [2.05, 4.69) is 0 Å². The Morgan fingerprint density at radius 3 is 2.45 bits per heavy atom. The highest BCUT2D eigenvalue weighted by atomic mass is 35.5. The van der Waals surface area contributed by atoms with Crippen LogP contribution in [0, 0.1) is 18.3 Å². The van der Waals surface area contributed by atoms with Crippen molar-refractivity contribution in [3.05, 3.63) is 75.3 Å². The van der Waals surface area contributed by atoms with Crippen LogP contribution in [-0.2, 0) is 20.7 Å². The van der Waals surface area contributed by atoms with Crippen LogP contribution in [-0.4, -0.2) is 23.7 Å². The number of benzene rings is 2. The van der Waals surface area contributed by atoms with Gasteiger partial charge < -0.3 is 4.74 Å². The molecule has 0 aliphatic carbocycles. The first kappa shape index (κ1) is 21.0. The van der Waals surface area contributed by atoms with Gasteiger partial charge in [-0.3, -0.25) is 9.69 Å². The SMILES string of the molecule is CCOC(=O)/C(C#N)=C1/S[C@H](Cc2ccc(Cl)cc2)C(=O)N1c1ccc(C)cc1. The number of hydrogen-bond acceptors (Lipinski definition) is 5. The van der Waals surface area contributed by atoms with E-state index in [-0.39, 0.29) is 18.1 Å². The summed E-state index contributed by atoms with van der Waals surface area (Å²) in [5.41, 5.74) is 2.44. The molecule has 0 N–H and O–H groups in total. The lowest BCUT2D eigenvalue weighted by atomic mass is 10.1. The van der Waals surface area contributed by atoms with Crippen LogP contribution in [0.2, 0.25) is 5.02 Å². The van der Waals surface area contributed by atoms with E-state index in [1.54, 1.807) is 31.2 Å². The summed E-state index contributed by atoms with van der Waals surface area (Å²) in [5.74, 6) is -0.907. The molecule has 29 heavy (non-hydrogen) atoms. The van der Waals surface area contributed by atoms with E-state index >= 15 is 0 Å². The van der Waals surface area contributed by atoms with E-state index in [4.69, 9.17) is 16.3 Å². The zero-order valence-electron chi connectivity index (χ0n) is 16.0. The zero-order valence-corrected chi connectivity index (χ0v) is 17.6.